The van der Waals surface area contributed by atoms with Crippen molar-refractivity contribution >= 4 is 11.9 Å². The fraction of sp³-hybridized carbons (Fsp3) is 0.500. The van der Waals surface area contributed by atoms with Gasteiger partial charge < -0.3 is 18.8 Å². The molecule has 0 bridgehead atoms. The van der Waals surface area contributed by atoms with Crippen molar-refractivity contribution in [3.8, 4) is 5.75 Å². The van der Waals surface area contributed by atoms with E-state index in [4.69, 9.17) is 13.9 Å². The Morgan fingerprint density at radius 3 is 2.41 bits per heavy atom. The highest BCUT2D eigenvalue weighted by Gasteiger charge is 2.57. The Labute approximate surface area is 188 Å². The molecule has 2 aliphatic heterocycles. The van der Waals surface area contributed by atoms with Crippen molar-refractivity contribution in [1.29, 1.82) is 0 Å². The third-order valence-corrected chi connectivity index (χ3v) is 6.49. The molecule has 2 saturated heterocycles. The van der Waals surface area contributed by atoms with Crippen molar-refractivity contribution in [1.82, 2.24) is 14.7 Å². The monoisotopic (exact) mass is 441 g/mol. The molecule has 1 aromatic heterocycles. The van der Waals surface area contributed by atoms with E-state index in [1.165, 1.54) is 4.90 Å². The molecule has 8 heteroatoms. The van der Waals surface area contributed by atoms with Gasteiger partial charge in [0.1, 0.15) is 17.0 Å². The molecule has 2 aromatic rings. The maximum atomic E-state index is 13.7. The van der Waals surface area contributed by atoms with Crippen LogP contribution < -0.4 is 4.74 Å². The van der Waals surface area contributed by atoms with Crippen LogP contribution in [0.1, 0.15) is 30.6 Å². The summed E-state index contributed by atoms with van der Waals surface area (Å²) in [4.78, 5) is 32.5. The first kappa shape index (κ1) is 22.4. The molecule has 0 atom stereocenters. The van der Waals surface area contributed by atoms with Gasteiger partial charge in [-0.2, -0.15) is 0 Å². The Kier molecular flexibility index (Phi) is 6.81. The lowest BCUT2D eigenvalue weighted by atomic mass is 9.85. The van der Waals surface area contributed by atoms with E-state index < -0.39 is 5.54 Å². The molecule has 0 saturated carbocycles. The highest BCUT2D eigenvalue weighted by molar-refractivity contribution is 6.07. The van der Waals surface area contributed by atoms with Gasteiger partial charge >= 0.3 is 6.03 Å². The molecular weight excluding hydrogens is 410 g/mol. The third-order valence-electron chi connectivity index (χ3n) is 6.49. The Morgan fingerprint density at radius 1 is 1.03 bits per heavy atom. The number of carbonyl (C=O) groups is 2. The molecule has 4 rings (SSSR count). The van der Waals surface area contributed by atoms with Gasteiger partial charge in [-0.1, -0.05) is 12.1 Å². The van der Waals surface area contributed by atoms with Crippen LogP contribution in [0.4, 0.5) is 4.79 Å². The summed E-state index contributed by atoms with van der Waals surface area (Å²) < 4.78 is 15.9. The van der Waals surface area contributed by atoms with E-state index in [-0.39, 0.29) is 18.5 Å². The van der Waals surface area contributed by atoms with Crippen molar-refractivity contribution in [3.63, 3.8) is 0 Å². The van der Waals surface area contributed by atoms with Crippen molar-refractivity contribution < 1.29 is 23.5 Å². The van der Waals surface area contributed by atoms with E-state index in [0.29, 0.717) is 39.0 Å². The number of hydrogen-bond donors (Lipinski definition) is 0. The second kappa shape index (κ2) is 9.75. The Hall–Kier alpha value is -2.84. The summed E-state index contributed by atoms with van der Waals surface area (Å²) in [7, 11) is 3.26. The van der Waals surface area contributed by atoms with Crippen molar-refractivity contribution in [2.24, 2.45) is 0 Å². The number of imide groups is 1. The van der Waals surface area contributed by atoms with E-state index in [1.807, 2.05) is 36.4 Å². The number of urea groups is 1. The van der Waals surface area contributed by atoms with Gasteiger partial charge in [-0.15, -0.1) is 0 Å². The number of amides is 3. The summed E-state index contributed by atoms with van der Waals surface area (Å²) in [6.45, 7) is 3.51. The summed E-state index contributed by atoms with van der Waals surface area (Å²) in [6.07, 6.45) is 3.60. The largest absolute Gasteiger partial charge is 0.497 e. The van der Waals surface area contributed by atoms with Gasteiger partial charge in [0, 0.05) is 33.4 Å². The van der Waals surface area contributed by atoms with Crippen molar-refractivity contribution in [2.45, 2.75) is 37.9 Å². The van der Waals surface area contributed by atoms with Crippen molar-refractivity contribution in [2.75, 3.05) is 40.5 Å². The first-order valence-corrected chi connectivity index (χ1v) is 11.1. The van der Waals surface area contributed by atoms with E-state index >= 15 is 0 Å². The van der Waals surface area contributed by atoms with Crippen LogP contribution in [-0.4, -0.2) is 72.6 Å². The van der Waals surface area contributed by atoms with Crippen LogP contribution in [0.25, 0.3) is 0 Å². The van der Waals surface area contributed by atoms with Crippen LogP contribution >= 0.6 is 0 Å². The number of nitrogens with zero attached hydrogens (tertiary/aromatic N) is 3. The van der Waals surface area contributed by atoms with Gasteiger partial charge in [-0.3, -0.25) is 14.6 Å². The number of piperidine rings is 1. The number of benzene rings is 1. The first-order valence-electron chi connectivity index (χ1n) is 11.1. The van der Waals surface area contributed by atoms with E-state index in [1.54, 1.807) is 25.4 Å². The molecule has 0 radical (unpaired) electrons. The molecule has 2 fully saturated rings. The number of furan rings is 1. The number of likely N-dealkylation sites (tertiary alicyclic amines) is 1. The number of rotatable bonds is 9. The van der Waals surface area contributed by atoms with E-state index in [9.17, 15) is 9.59 Å². The van der Waals surface area contributed by atoms with Crippen molar-refractivity contribution in [3.05, 3.63) is 54.0 Å². The second-order valence-electron chi connectivity index (χ2n) is 8.41. The first-order chi connectivity index (χ1) is 15.6. The highest BCUT2D eigenvalue weighted by Crippen LogP contribution is 2.38. The van der Waals surface area contributed by atoms with Crippen LogP contribution in [-0.2, 0) is 22.6 Å². The summed E-state index contributed by atoms with van der Waals surface area (Å²) in [6, 6.07) is 11.1. The van der Waals surface area contributed by atoms with Gasteiger partial charge in [0.25, 0.3) is 5.91 Å². The van der Waals surface area contributed by atoms with Gasteiger partial charge in [-0.05, 0) is 49.1 Å². The fourth-order valence-electron chi connectivity index (χ4n) is 4.70. The highest BCUT2D eigenvalue weighted by atomic mass is 16.5. The molecule has 0 N–H and O–H groups in total. The minimum absolute atomic E-state index is 0.0895. The maximum Gasteiger partial charge on any atom is 0.327 e. The molecule has 1 aromatic carbocycles. The fourth-order valence-corrected chi connectivity index (χ4v) is 4.70. The van der Waals surface area contributed by atoms with Crippen LogP contribution in [0.15, 0.2) is 47.1 Å². The molecule has 2 aliphatic rings. The second-order valence-corrected chi connectivity index (χ2v) is 8.41. The Bertz CT molecular complexity index is 904. The van der Waals surface area contributed by atoms with E-state index in [0.717, 1.165) is 30.2 Å². The molecule has 3 heterocycles. The molecule has 1 spiro atoms. The van der Waals surface area contributed by atoms with Crippen LogP contribution in [0.2, 0.25) is 0 Å². The quantitative estimate of drug-likeness (QED) is 0.440. The van der Waals surface area contributed by atoms with Crippen LogP contribution in [0, 0.1) is 0 Å². The topological polar surface area (TPSA) is 75.5 Å². The number of methoxy groups -OCH3 is 2. The summed E-state index contributed by atoms with van der Waals surface area (Å²) in [5.74, 6) is 1.57. The third kappa shape index (κ3) is 4.38. The predicted molar refractivity (Wildman–Crippen MR) is 118 cm³/mol. The maximum absolute atomic E-state index is 13.7. The van der Waals surface area contributed by atoms with Gasteiger partial charge in [0.05, 0.1) is 26.5 Å². The lowest BCUT2D eigenvalue weighted by molar-refractivity contribution is -0.136. The lowest BCUT2D eigenvalue weighted by Crippen LogP contribution is -2.56. The molecule has 32 heavy (non-hydrogen) atoms. The zero-order valence-corrected chi connectivity index (χ0v) is 18.8. The van der Waals surface area contributed by atoms with Crippen LogP contribution in [0.5, 0.6) is 5.75 Å². The normalized spacial score (nSPS) is 18.7. The van der Waals surface area contributed by atoms with Gasteiger partial charge in [-0.25, -0.2) is 4.79 Å². The summed E-state index contributed by atoms with van der Waals surface area (Å²) in [5, 5.41) is 0. The minimum Gasteiger partial charge on any atom is -0.497 e. The van der Waals surface area contributed by atoms with E-state index in [2.05, 4.69) is 4.90 Å². The summed E-state index contributed by atoms with van der Waals surface area (Å²) >= 11 is 0. The number of carbonyl (C=O) groups excluding carboxylic acids is 2. The number of ether oxygens (including phenoxy) is 2. The van der Waals surface area contributed by atoms with Gasteiger partial charge in [0.2, 0.25) is 0 Å². The lowest BCUT2D eigenvalue weighted by Gasteiger charge is -2.42. The molecule has 8 nitrogen and oxygen atoms in total. The molecule has 172 valence electrons. The Balaban J connectivity index is 1.50. The molecule has 3 amide bonds. The average molecular weight is 442 g/mol. The Morgan fingerprint density at radius 2 is 1.78 bits per heavy atom. The predicted octanol–water partition coefficient (Wildman–Crippen LogP) is 3.12. The van der Waals surface area contributed by atoms with Crippen LogP contribution in [0.3, 0.4) is 0 Å². The average Bonchev–Trinajstić information content (AvgIpc) is 3.39. The molecule has 0 unspecified atom stereocenters. The SMILES string of the molecule is COCCCN1C(=O)N(Cc2ccc(OC)cc2)C(=O)C12CCN(Cc1ccco1)CC2. The smallest absolute Gasteiger partial charge is 0.327 e. The zero-order chi connectivity index (χ0) is 22.6. The zero-order valence-electron chi connectivity index (χ0n) is 18.8. The summed E-state index contributed by atoms with van der Waals surface area (Å²) in [5.41, 5.74) is 0.119. The molecule has 0 aliphatic carbocycles. The standard InChI is InChI=1S/C24H31N3O5/c1-30-15-4-12-27-23(29)26(17-19-6-8-20(31-2)9-7-19)22(28)24(27)10-13-25(14-11-24)18-21-5-3-16-32-21/h3,5-9,16H,4,10-15,17-18H2,1-2H3. The van der Waals surface area contributed by atoms with Gasteiger partial charge in [0.15, 0.2) is 0 Å². The minimum atomic E-state index is -0.781. The number of hydrogen-bond acceptors (Lipinski definition) is 6. The molecular formula is C24H31N3O5.